The molecule has 0 aromatic carbocycles. The van der Waals surface area contributed by atoms with Gasteiger partial charge in [-0.1, -0.05) is 0 Å². The Bertz CT molecular complexity index is 177. The van der Waals surface area contributed by atoms with Gasteiger partial charge in [0, 0.05) is 17.7 Å². The Morgan fingerprint density at radius 3 is 2.43 bits per heavy atom. The Kier molecular flexibility index (Phi) is 4.13. The van der Waals surface area contributed by atoms with Crippen LogP contribution in [0.5, 0.6) is 0 Å². The standard InChI is InChI=1S/C9H16F3NS/c1-14-8(4-5-8)7-13-6-2-3-9(10,11)12/h13H,2-7H2,1H3. The molecule has 0 radical (unpaired) electrons. The Labute approximate surface area is 86.8 Å². The SMILES string of the molecule is CSC1(CNCCCC(F)(F)F)CC1. The van der Waals surface area contributed by atoms with Crippen LogP contribution in [0.15, 0.2) is 0 Å². The maximum absolute atomic E-state index is 11.8. The molecular formula is C9H16F3NS. The lowest BCUT2D eigenvalue weighted by atomic mass is 10.3. The van der Waals surface area contributed by atoms with Gasteiger partial charge in [-0.25, -0.2) is 0 Å². The molecule has 0 aromatic heterocycles. The van der Waals surface area contributed by atoms with Crippen molar-refractivity contribution in [1.82, 2.24) is 5.32 Å². The highest BCUT2D eigenvalue weighted by molar-refractivity contribution is 8.00. The Morgan fingerprint density at radius 2 is 2.00 bits per heavy atom. The first-order chi connectivity index (χ1) is 6.47. The predicted octanol–water partition coefficient (Wildman–Crippen LogP) is 2.81. The fourth-order valence-electron chi connectivity index (χ4n) is 1.32. The summed E-state index contributed by atoms with van der Waals surface area (Å²) in [6.45, 7) is 1.33. The monoisotopic (exact) mass is 227 g/mol. The van der Waals surface area contributed by atoms with Crippen LogP contribution in [0.2, 0.25) is 0 Å². The molecule has 0 spiro atoms. The Morgan fingerprint density at radius 1 is 1.36 bits per heavy atom. The number of rotatable bonds is 6. The number of thioether (sulfide) groups is 1. The summed E-state index contributed by atoms with van der Waals surface area (Å²) in [5.41, 5.74) is 0. The molecular weight excluding hydrogens is 211 g/mol. The number of nitrogens with one attached hydrogen (secondary N) is 1. The average Bonchev–Trinajstić information content (AvgIpc) is 2.83. The summed E-state index contributed by atoms with van der Waals surface area (Å²) in [6.07, 6.45) is -0.0377. The number of halogens is 3. The first kappa shape index (κ1) is 12.2. The van der Waals surface area contributed by atoms with Gasteiger partial charge in [-0.05, 0) is 32.1 Å². The molecule has 1 N–H and O–H groups in total. The first-order valence-corrected chi connectivity index (χ1v) is 6.03. The summed E-state index contributed by atoms with van der Waals surface area (Å²) in [4.78, 5) is 0. The van der Waals surface area contributed by atoms with Crippen LogP contribution in [0.3, 0.4) is 0 Å². The molecule has 1 fully saturated rings. The number of alkyl halides is 3. The summed E-state index contributed by atoms with van der Waals surface area (Å²) in [5, 5.41) is 3.09. The van der Waals surface area contributed by atoms with Gasteiger partial charge in [-0.15, -0.1) is 0 Å². The van der Waals surface area contributed by atoms with E-state index in [0.29, 0.717) is 11.3 Å². The molecule has 14 heavy (non-hydrogen) atoms. The average molecular weight is 227 g/mol. The van der Waals surface area contributed by atoms with Crippen LogP contribution in [0.25, 0.3) is 0 Å². The maximum atomic E-state index is 11.8. The van der Waals surface area contributed by atoms with E-state index in [1.165, 1.54) is 12.8 Å². The van der Waals surface area contributed by atoms with Gasteiger partial charge < -0.3 is 5.32 Å². The van der Waals surface area contributed by atoms with E-state index in [1.54, 1.807) is 0 Å². The summed E-state index contributed by atoms with van der Waals surface area (Å²) >= 11 is 1.82. The smallest absolute Gasteiger partial charge is 0.315 e. The quantitative estimate of drug-likeness (QED) is 0.700. The van der Waals surface area contributed by atoms with E-state index in [2.05, 4.69) is 11.6 Å². The molecule has 1 saturated carbocycles. The number of hydrogen-bond acceptors (Lipinski definition) is 2. The highest BCUT2D eigenvalue weighted by atomic mass is 32.2. The van der Waals surface area contributed by atoms with Gasteiger partial charge in [0.25, 0.3) is 0 Å². The topological polar surface area (TPSA) is 12.0 Å². The lowest BCUT2D eigenvalue weighted by molar-refractivity contribution is -0.135. The second-order valence-corrected chi connectivity index (χ2v) is 5.06. The molecule has 1 rings (SSSR count). The number of hydrogen-bond donors (Lipinski definition) is 1. The van der Waals surface area contributed by atoms with E-state index >= 15 is 0 Å². The summed E-state index contributed by atoms with van der Waals surface area (Å²) in [7, 11) is 0. The Balaban J connectivity index is 1.95. The van der Waals surface area contributed by atoms with Crippen molar-refractivity contribution in [3.63, 3.8) is 0 Å². The lowest BCUT2D eigenvalue weighted by Gasteiger charge is -2.13. The van der Waals surface area contributed by atoms with E-state index in [0.717, 1.165) is 6.54 Å². The van der Waals surface area contributed by atoms with Crippen molar-refractivity contribution < 1.29 is 13.2 Å². The van der Waals surface area contributed by atoms with E-state index in [4.69, 9.17) is 0 Å². The van der Waals surface area contributed by atoms with Crippen molar-refractivity contribution in [2.75, 3.05) is 19.3 Å². The largest absolute Gasteiger partial charge is 0.389 e. The van der Waals surface area contributed by atoms with Crippen LogP contribution in [0, 0.1) is 0 Å². The molecule has 1 nitrogen and oxygen atoms in total. The van der Waals surface area contributed by atoms with E-state index in [-0.39, 0.29) is 6.42 Å². The normalized spacial score (nSPS) is 19.7. The minimum atomic E-state index is -4.00. The molecule has 1 aliphatic rings. The predicted molar refractivity (Wildman–Crippen MR) is 53.6 cm³/mol. The molecule has 0 atom stereocenters. The minimum absolute atomic E-state index is 0.188. The molecule has 0 amide bonds. The summed E-state index contributed by atoms with van der Waals surface area (Å²) in [5.74, 6) is 0. The molecule has 5 heteroatoms. The van der Waals surface area contributed by atoms with Gasteiger partial charge in [0.2, 0.25) is 0 Å². The zero-order valence-electron chi connectivity index (χ0n) is 8.28. The van der Waals surface area contributed by atoms with Crippen molar-refractivity contribution >= 4 is 11.8 Å². The summed E-state index contributed by atoms with van der Waals surface area (Å²) in [6, 6.07) is 0. The third kappa shape index (κ3) is 4.55. The molecule has 0 unspecified atom stereocenters. The van der Waals surface area contributed by atoms with Gasteiger partial charge in [0.1, 0.15) is 0 Å². The van der Waals surface area contributed by atoms with E-state index in [1.807, 2.05) is 11.8 Å². The van der Waals surface area contributed by atoms with Gasteiger partial charge in [-0.2, -0.15) is 24.9 Å². The Hall–Kier alpha value is 0.100. The molecule has 84 valence electrons. The van der Waals surface area contributed by atoms with Gasteiger partial charge in [0.05, 0.1) is 0 Å². The first-order valence-electron chi connectivity index (χ1n) is 4.80. The van der Waals surface area contributed by atoms with Crippen LogP contribution >= 0.6 is 11.8 Å². The molecule has 0 bridgehead atoms. The molecule has 0 aliphatic heterocycles. The zero-order chi connectivity index (χ0) is 10.7. The fraction of sp³-hybridized carbons (Fsp3) is 1.00. The molecule has 0 saturated heterocycles. The zero-order valence-corrected chi connectivity index (χ0v) is 9.10. The van der Waals surface area contributed by atoms with Crippen molar-refractivity contribution in [3.8, 4) is 0 Å². The van der Waals surface area contributed by atoms with E-state index < -0.39 is 12.6 Å². The van der Waals surface area contributed by atoms with Crippen molar-refractivity contribution in [3.05, 3.63) is 0 Å². The van der Waals surface area contributed by atoms with Crippen molar-refractivity contribution in [1.29, 1.82) is 0 Å². The highest BCUT2D eigenvalue weighted by Gasteiger charge is 2.41. The van der Waals surface area contributed by atoms with Crippen molar-refractivity contribution in [2.24, 2.45) is 0 Å². The van der Waals surface area contributed by atoms with Gasteiger partial charge >= 0.3 is 6.18 Å². The van der Waals surface area contributed by atoms with Gasteiger partial charge in [-0.3, -0.25) is 0 Å². The molecule has 1 aliphatic carbocycles. The van der Waals surface area contributed by atoms with Crippen LogP contribution in [0.4, 0.5) is 13.2 Å². The second-order valence-electron chi connectivity index (χ2n) is 3.78. The third-order valence-corrected chi connectivity index (χ3v) is 3.92. The minimum Gasteiger partial charge on any atom is -0.315 e. The van der Waals surface area contributed by atoms with Gasteiger partial charge in [0.15, 0.2) is 0 Å². The van der Waals surface area contributed by atoms with Crippen LogP contribution in [-0.2, 0) is 0 Å². The summed E-state index contributed by atoms with van der Waals surface area (Å²) < 4.78 is 35.6. The van der Waals surface area contributed by atoms with Crippen LogP contribution in [0.1, 0.15) is 25.7 Å². The lowest BCUT2D eigenvalue weighted by Crippen LogP contribution is -2.27. The fourth-order valence-corrected chi connectivity index (χ4v) is 2.08. The van der Waals surface area contributed by atoms with Crippen molar-refractivity contribution in [2.45, 2.75) is 36.6 Å². The molecule has 0 heterocycles. The van der Waals surface area contributed by atoms with Crippen LogP contribution in [-0.4, -0.2) is 30.3 Å². The van der Waals surface area contributed by atoms with E-state index in [9.17, 15) is 13.2 Å². The molecule has 0 aromatic rings. The maximum Gasteiger partial charge on any atom is 0.389 e. The third-order valence-electron chi connectivity index (χ3n) is 2.50. The second kappa shape index (κ2) is 4.75. The highest BCUT2D eigenvalue weighted by Crippen LogP contribution is 2.46. The van der Waals surface area contributed by atoms with Crippen LogP contribution < -0.4 is 5.32 Å².